The van der Waals surface area contributed by atoms with E-state index in [0.29, 0.717) is 0 Å². The van der Waals surface area contributed by atoms with Crippen LogP contribution in [-0.2, 0) is 0 Å². The highest BCUT2D eigenvalue weighted by Gasteiger charge is 2.16. The molecule has 0 aliphatic carbocycles. The van der Waals surface area contributed by atoms with Crippen LogP contribution < -0.4 is 4.90 Å². The normalized spacial score (nSPS) is 15.5. The first-order valence-electron chi connectivity index (χ1n) is 6.11. The SMILES string of the molecule is Cc1nc(-c2ccccc2N2CCCC2)cs1. The molecule has 2 aromatic rings. The van der Waals surface area contributed by atoms with Crippen LogP contribution in [0.15, 0.2) is 29.6 Å². The van der Waals surface area contributed by atoms with Crippen molar-refractivity contribution in [3.8, 4) is 11.3 Å². The first-order chi connectivity index (χ1) is 8.34. The van der Waals surface area contributed by atoms with Gasteiger partial charge >= 0.3 is 0 Å². The Balaban J connectivity index is 2.03. The van der Waals surface area contributed by atoms with Gasteiger partial charge in [-0.3, -0.25) is 0 Å². The second kappa shape index (κ2) is 4.49. The molecular formula is C14H16N2S. The Hall–Kier alpha value is -1.35. The zero-order chi connectivity index (χ0) is 11.7. The summed E-state index contributed by atoms with van der Waals surface area (Å²) in [5.41, 5.74) is 3.74. The fourth-order valence-electron chi connectivity index (χ4n) is 2.41. The summed E-state index contributed by atoms with van der Waals surface area (Å²) in [5.74, 6) is 0. The summed E-state index contributed by atoms with van der Waals surface area (Å²) in [5, 5.41) is 3.29. The molecule has 0 radical (unpaired) electrons. The molecule has 17 heavy (non-hydrogen) atoms. The number of benzene rings is 1. The van der Waals surface area contributed by atoms with Gasteiger partial charge in [0.1, 0.15) is 0 Å². The van der Waals surface area contributed by atoms with E-state index in [1.54, 1.807) is 11.3 Å². The zero-order valence-corrected chi connectivity index (χ0v) is 10.8. The molecule has 0 amide bonds. The molecule has 0 saturated carbocycles. The van der Waals surface area contributed by atoms with E-state index in [2.05, 4.69) is 46.5 Å². The summed E-state index contributed by atoms with van der Waals surface area (Å²) in [6.45, 7) is 4.42. The fraction of sp³-hybridized carbons (Fsp3) is 0.357. The van der Waals surface area contributed by atoms with Gasteiger partial charge in [0.05, 0.1) is 10.7 Å². The van der Waals surface area contributed by atoms with E-state index >= 15 is 0 Å². The largest absolute Gasteiger partial charge is 0.371 e. The second-order valence-electron chi connectivity index (χ2n) is 4.46. The second-order valence-corrected chi connectivity index (χ2v) is 5.53. The number of hydrogen-bond donors (Lipinski definition) is 0. The van der Waals surface area contributed by atoms with Gasteiger partial charge in [0.2, 0.25) is 0 Å². The van der Waals surface area contributed by atoms with Gasteiger partial charge in [-0.25, -0.2) is 4.98 Å². The van der Waals surface area contributed by atoms with Gasteiger partial charge in [-0.2, -0.15) is 0 Å². The summed E-state index contributed by atoms with van der Waals surface area (Å²) in [4.78, 5) is 7.08. The van der Waals surface area contributed by atoms with E-state index < -0.39 is 0 Å². The van der Waals surface area contributed by atoms with Crippen LogP contribution in [0.4, 0.5) is 5.69 Å². The van der Waals surface area contributed by atoms with Crippen LogP contribution >= 0.6 is 11.3 Å². The van der Waals surface area contributed by atoms with Gasteiger partial charge in [-0.05, 0) is 25.8 Å². The van der Waals surface area contributed by atoms with E-state index in [4.69, 9.17) is 0 Å². The number of nitrogens with zero attached hydrogens (tertiary/aromatic N) is 2. The van der Waals surface area contributed by atoms with E-state index in [9.17, 15) is 0 Å². The van der Waals surface area contributed by atoms with Crippen molar-refractivity contribution in [1.82, 2.24) is 4.98 Å². The Bertz CT molecular complexity index is 512. The van der Waals surface area contributed by atoms with E-state index in [0.717, 1.165) is 10.7 Å². The first kappa shape index (κ1) is 10.8. The van der Waals surface area contributed by atoms with Gasteiger partial charge in [0.25, 0.3) is 0 Å². The minimum atomic E-state index is 1.12. The van der Waals surface area contributed by atoms with Crippen molar-refractivity contribution in [2.45, 2.75) is 19.8 Å². The molecule has 1 aliphatic rings. The van der Waals surface area contributed by atoms with Crippen LogP contribution in [0.2, 0.25) is 0 Å². The summed E-state index contributed by atoms with van der Waals surface area (Å²) in [6, 6.07) is 8.62. The third kappa shape index (κ3) is 2.07. The van der Waals surface area contributed by atoms with Gasteiger partial charge in [-0.15, -0.1) is 11.3 Å². The molecule has 1 aliphatic heterocycles. The van der Waals surface area contributed by atoms with Crippen molar-refractivity contribution in [1.29, 1.82) is 0 Å². The molecular weight excluding hydrogens is 228 g/mol. The van der Waals surface area contributed by atoms with Crippen molar-refractivity contribution < 1.29 is 0 Å². The van der Waals surface area contributed by atoms with Crippen molar-refractivity contribution >= 4 is 17.0 Å². The van der Waals surface area contributed by atoms with Gasteiger partial charge in [0.15, 0.2) is 0 Å². The average molecular weight is 244 g/mol. The lowest BCUT2D eigenvalue weighted by molar-refractivity contribution is 0.949. The van der Waals surface area contributed by atoms with Gasteiger partial charge in [0, 0.05) is 29.7 Å². The molecule has 0 bridgehead atoms. The predicted octanol–water partition coefficient (Wildman–Crippen LogP) is 3.72. The van der Waals surface area contributed by atoms with Crippen LogP contribution in [0, 0.1) is 6.92 Å². The number of para-hydroxylation sites is 1. The van der Waals surface area contributed by atoms with Crippen LogP contribution in [0.5, 0.6) is 0 Å². The molecule has 0 unspecified atom stereocenters. The smallest absolute Gasteiger partial charge is 0.0901 e. The number of anilines is 1. The predicted molar refractivity (Wildman–Crippen MR) is 73.7 cm³/mol. The van der Waals surface area contributed by atoms with Gasteiger partial charge in [-0.1, -0.05) is 18.2 Å². The monoisotopic (exact) mass is 244 g/mol. The molecule has 3 rings (SSSR count). The molecule has 1 aromatic heterocycles. The maximum atomic E-state index is 4.60. The summed E-state index contributed by atoms with van der Waals surface area (Å²) in [7, 11) is 0. The highest BCUT2D eigenvalue weighted by Crippen LogP contribution is 2.33. The third-order valence-corrected chi connectivity index (χ3v) is 4.02. The molecule has 2 heterocycles. The van der Waals surface area contributed by atoms with Crippen molar-refractivity contribution in [2.24, 2.45) is 0 Å². The van der Waals surface area contributed by atoms with Crippen molar-refractivity contribution in [3.63, 3.8) is 0 Å². The van der Waals surface area contributed by atoms with E-state index in [1.807, 2.05) is 0 Å². The Morgan fingerprint density at radius 2 is 1.94 bits per heavy atom. The highest BCUT2D eigenvalue weighted by molar-refractivity contribution is 7.09. The Labute approximate surface area is 106 Å². The Morgan fingerprint density at radius 1 is 1.18 bits per heavy atom. The number of rotatable bonds is 2. The Kier molecular flexibility index (Phi) is 2.85. The van der Waals surface area contributed by atoms with Crippen molar-refractivity contribution in [3.05, 3.63) is 34.7 Å². The van der Waals surface area contributed by atoms with Crippen LogP contribution in [0.1, 0.15) is 17.8 Å². The molecule has 1 fully saturated rings. The molecule has 0 spiro atoms. The first-order valence-corrected chi connectivity index (χ1v) is 6.99. The maximum absolute atomic E-state index is 4.60. The Morgan fingerprint density at radius 3 is 2.65 bits per heavy atom. The zero-order valence-electron chi connectivity index (χ0n) is 10.0. The third-order valence-electron chi connectivity index (χ3n) is 3.25. The van der Waals surface area contributed by atoms with Crippen molar-refractivity contribution in [2.75, 3.05) is 18.0 Å². The summed E-state index contributed by atoms with van der Waals surface area (Å²) in [6.07, 6.45) is 2.62. The van der Waals surface area contributed by atoms with Crippen LogP contribution in [-0.4, -0.2) is 18.1 Å². The fourth-order valence-corrected chi connectivity index (χ4v) is 3.02. The molecule has 0 atom stereocenters. The maximum Gasteiger partial charge on any atom is 0.0901 e. The molecule has 3 heteroatoms. The minimum absolute atomic E-state index is 1.12. The number of aryl methyl sites for hydroxylation is 1. The highest BCUT2D eigenvalue weighted by atomic mass is 32.1. The topological polar surface area (TPSA) is 16.1 Å². The number of hydrogen-bond acceptors (Lipinski definition) is 3. The lowest BCUT2D eigenvalue weighted by atomic mass is 10.1. The molecule has 2 nitrogen and oxygen atoms in total. The number of aromatic nitrogens is 1. The van der Waals surface area contributed by atoms with Gasteiger partial charge < -0.3 is 4.90 Å². The molecule has 1 saturated heterocycles. The quantitative estimate of drug-likeness (QED) is 0.800. The number of thiazole rings is 1. The lowest BCUT2D eigenvalue weighted by Gasteiger charge is -2.20. The lowest BCUT2D eigenvalue weighted by Crippen LogP contribution is -2.18. The molecule has 1 aromatic carbocycles. The molecule has 88 valence electrons. The average Bonchev–Trinajstić information content (AvgIpc) is 3.00. The molecule has 0 N–H and O–H groups in total. The minimum Gasteiger partial charge on any atom is -0.371 e. The van der Waals surface area contributed by atoms with E-state index in [-0.39, 0.29) is 0 Å². The summed E-state index contributed by atoms with van der Waals surface area (Å²) < 4.78 is 0. The standard InChI is InChI=1S/C14H16N2S/c1-11-15-13(10-17-11)12-6-2-3-7-14(12)16-8-4-5-9-16/h2-3,6-7,10H,4-5,8-9H2,1H3. The summed E-state index contributed by atoms with van der Waals surface area (Å²) >= 11 is 1.72. The van der Waals surface area contributed by atoms with Crippen LogP contribution in [0.25, 0.3) is 11.3 Å². The van der Waals surface area contributed by atoms with Crippen LogP contribution in [0.3, 0.4) is 0 Å². The van der Waals surface area contributed by atoms with E-state index in [1.165, 1.54) is 37.2 Å².